The second-order valence-corrected chi connectivity index (χ2v) is 7.30. The summed E-state index contributed by atoms with van der Waals surface area (Å²) in [6.45, 7) is 0. The number of benzene rings is 4. The number of rotatable bonds is 1. The predicted octanol–water partition coefficient (Wildman–Crippen LogP) is 4.62. The molecule has 0 amide bonds. The largest absolute Gasteiger partial charge is 0.508 e. The van der Waals surface area contributed by atoms with Gasteiger partial charge in [-0.15, -0.1) is 0 Å². The summed E-state index contributed by atoms with van der Waals surface area (Å²) < 4.78 is 8.88. The normalized spacial score (nSPS) is 9.67. The van der Waals surface area contributed by atoms with Crippen molar-refractivity contribution in [2.24, 2.45) is 0 Å². The van der Waals surface area contributed by atoms with Crippen molar-refractivity contribution in [3.8, 4) is 34.1 Å². The van der Waals surface area contributed by atoms with E-state index < -0.39 is 7.82 Å². The van der Waals surface area contributed by atoms with E-state index in [0.29, 0.717) is 11.5 Å². The zero-order valence-electron chi connectivity index (χ0n) is 17.4. The summed E-state index contributed by atoms with van der Waals surface area (Å²) in [6, 6.07) is 31.3. The van der Waals surface area contributed by atoms with Crippen LogP contribution in [0.2, 0.25) is 0 Å². The van der Waals surface area contributed by atoms with Crippen LogP contribution in [0.3, 0.4) is 0 Å². The number of hydrogen-bond donors (Lipinski definition) is 7. The van der Waals surface area contributed by atoms with Crippen molar-refractivity contribution in [1.82, 2.24) is 0 Å². The van der Waals surface area contributed by atoms with E-state index in [9.17, 15) is 0 Å². The van der Waals surface area contributed by atoms with Gasteiger partial charge in [-0.1, -0.05) is 60.7 Å². The standard InChI is InChI=1S/C12H10O2.2C6H6O.H3O4P/c13-11-5-1-9(2-6-11)10-3-7-12(14)8-4-10;2*7-6-4-2-1-3-5-6;1-5(2,3)4/h1-8,13-14H;2*1-5,7H;(H3,1,2,3,4). The molecule has 0 heterocycles. The average Bonchev–Trinajstić information content (AvgIpc) is 2.76. The van der Waals surface area contributed by atoms with Gasteiger partial charge in [-0.05, 0) is 59.7 Å². The highest BCUT2D eigenvalue weighted by atomic mass is 31.2. The van der Waals surface area contributed by atoms with Gasteiger partial charge < -0.3 is 35.1 Å². The van der Waals surface area contributed by atoms with Gasteiger partial charge in [-0.2, -0.15) is 0 Å². The maximum Gasteiger partial charge on any atom is 0.466 e. The zero-order chi connectivity index (χ0) is 24.7. The van der Waals surface area contributed by atoms with Crippen LogP contribution in [0.5, 0.6) is 23.0 Å². The van der Waals surface area contributed by atoms with Crippen LogP contribution in [0.15, 0.2) is 109 Å². The summed E-state index contributed by atoms with van der Waals surface area (Å²) in [5.74, 6) is 1.16. The lowest BCUT2D eigenvalue weighted by atomic mass is 10.1. The zero-order valence-corrected chi connectivity index (χ0v) is 18.3. The van der Waals surface area contributed by atoms with Crippen LogP contribution in [0.4, 0.5) is 0 Å². The van der Waals surface area contributed by atoms with E-state index in [4.69, 9.17) is 39.7 Å². The monoisotopic (exact) mass is 472 g/mol. The van der Waals surface area contributed by atoms with Gasteiger partial charge in [0.25, 0.3) is 0 Å². The smallest absolute Gasteiger partial charge is 0.466 e. The molecular formula is C24H25O8P. The molecule has 9 heteroatoms. The molecule has 0 saturated carbocycles. The molecule has 0 spiro atoms. The summed E-state index contributed by atoms with van der Waals surface area (Å²) in [5, 5.41) is 35.5. The molecule has 33 heavy (non-hydrogen) atoms. The highest BCUT2D eigenvalue weighted by Crippen LogP contribution is 2.26. The fraction of sp³-hybridized carbons (Fsp3) is 0. The minimum Gasteiger partial charge on any atom is -0.508 e. The molecule has 8 nitrogen and oxygen atoms in total. The van der Waals surface area contributed by atoms with Gasteiger partial charge in [-0.3, -0.25) is 0 Å². The minimum atomic E-state index is -4.64. The molecule has 0 aliphatic heterocycles. The molecule has 4 rings (SSSR count). The van der Waals surface area contributed by atoms with Crippen LogP contribution < -0.4 is 0 Å². The number of phenols is 4. The Kier molecular flexibility index (Phi) is 11.8. The first-order chi connectivity index (χ1) is 15.5. The molecule has 0 aliphatic carbocycles. The Morgan fingerprint density at radius 3 is 0.788 bits per heavy atom. The Labute approximate surface area is 191 Å². The third-order valence-electron chi connectivity index (χ3n) is 3.58. The Morgan fingerprint density at radius 1 is 0.394 bits per heavy atom. The molecule has 0 unspecified atom stereocenters. The maximum atomic E-state index is 9.11. The fourth-order valence-corrected chi connectivity index (χ4v) is 2.16. The maximum absolute atomic E-state index is 9.11. The van der Waals surface area contributed by atoms with Crippen LogP contribution in [0.25, 0.3) is 11.1 Å². The lowest BCUT2D eigenvalue weighted by Gasteiger charge is -2.01. The van der Waals surface area contributed by atoms with Crippen molar-refractivity contribution in [1.29, 1.82) is 0 Å². The molecule has 0 fully saturated rings. The van der Waals surface area contributed by atoms with E-state index in [1.165, 1.54) is 0 Å². The van der Waals surface area contributed by atoms with Crippen LogP contribution in [-0.2, 0) is 4.57 Å². The van der Waals surface area contributed by atoms with Gasteiger partial charge in [0.05, 0.1) is 0 Å². The average molecular weight is 472 g/mol. The van der Waals surface area contributed by atoms with Crippen molar-refractivity contribution >= 4 is 7.82 Å². The number of phenolic OH excluding ortho intramolecular Hbond substituents is 4. The van der Waals surface area contributed by atoms with Crippen molar-refractivity contribution in [3.63, 3.8) is 0 Å². The highest BCUT2D eigenvalue weighted by Gasteiger charge is 2.00. The van der Waals surface area contributed by atoms with Gasteiger partial charge in [0.15, 0.2) is 0 Å². The van der Waals surface area contributed by atoms with Crippen molar-refractivity contribution in [3.05, 3.63) is 109 Å². The summed E-state index contributed by atoms with van der Waals surface area (Å²) >= 11 is 0. The summed E-state index contributed by atoms with van der Waals surface area (Å²) in [5.41, 5.74) is 2.03. The number of para-hydroxylation sites is 2. The van der Waals surface area contributed by atoms with Crippen molar-refractivity contribution < 1.29 is 39.7 Å². The van der Waals surface area contributed by atoms with Crippen molar-refractivity contribution in [2.75, 3.05) is 0 Å². The van der Waals surface area contributed by atoms with Crippen LogP contribution in [0.1, 0.15) is 0 Å². The Balaban J connectivity index is 0.000000243. The number of phosphoric acid groups is 1. The predicted molar refractivity (Wildman–Crippen MR) is 126 cm³/mol. The molecule has 0 saturated heterocycles. The van der Waals surface area contributed by atoms with E-state index >= 15 is 0 Å². The first-order valence-corrected chi connectivity index (χ1v) is 11.0. The molecule has 4 aromatic rings. The highest BCUT2D eigenvalue weighted by molar-refractivity contribution is 7.45. The first kappa shape index (κ1) is 27.2. The van der Waals surface area contributed by atoms with Crippen molar-refractivity contribution in [2.45, 2.75) is 0 Å². The van der Waals surface area contributed by atoms with Crippen LogP contribution in [-0.4, -0.2) is 35.1 Å². The summed E-state index contributed by atoms with van der Waals surface area (Å²) in [6.07, 6.45) is 0. The minimum absolute atomic E-state index is 0.257. The second kappa shape index (κ2) is 14.3. The molecule has 0 radical (unpaired) electrons. The molecule has 0 bridgehead atoms. The van der Waals surface area contributed by atoms with E-state index in [2.05, 4.69) is 0 Å². The molecule has 174 valence electrons. The molecule has 0 atom stereocenters. The van der Waals surface area contributed by atoms with Gasteiger partial charge in [0.2, 0.25) is 0 Å². The van der Waals surface area contributed by atoms with E-state index in [1.807, 2.05) is 36.4 Å². The second-order valence-electron chi connectivity index (χ2n) is 6.28. The Morgan fingerprint density at radius 2 is 0.606 bits per heavy atom. The SMILES string of the molecule is O=P(O)(O)O.Oc1ccc(-c2ccc(O)cc2)cc1.Oc1ccccc1.Oc1ccccc1. The van der Waals surface area contributed by atoms with Gasteiger partial charge in [-0.25, -0.2) is 4.57 Å². The third kappa shape index (κ3) is 14.8. The Bertz CT molecular complexity index is 992. The summed E-state index contributed by atoms with van der Waals surface area (Å²) in [4.78, 5) is 21.6. The number of hydrogen-bond acceptors (Lipinski definition) is 5. The third-order valence-corrected chi connectivity index (χ3v) is 3.58. The van der Waals surface area contributed by atoms with E-state index in [0.717, 1.165) is 11.1 Å². The Hall–Kier alpha value is -3.81. The van der Waals surface area contributed by atoms with Crippen LogP contribution in [0, 0.1) is 0 Å². The quantitative estimate of drug-likeness (QED) is 0.198. The summed E-state index contributed by atoms with van der Waals surface area (Å²) in [7, 11) is -4.64. The van der Waals surface area contributed by atoms with E-state index in [-0.39, 0.29) is 11.5 Å². The van der Waals surface area contributed by atoms with Gasteiger partial charge >= 0.3 is 7.82 Å². The van der Waals surface area contributed by atoms with Crippen LogP contribution >= 0.6 is 7.82 Å². The van der Waals surface area contributed by atoms with Gasteiger partial charge in [0, 0.05) is 0 Å². The molecule has 4 aromatic carbocycles. The molecule has 0 aromatic heterocycles. The molecular weight excluding hydrogens is 447 g/mol. The fourth-order valence-electron chi connectivity index (χ4n) is 2.16. The first-order valence-electron chi connectivity index (χ1n) is 9.39. The van der Waals surface area contributed by atoms with Gasteiger partial charge in [0.1, 0.15) is 23.0 Å². The molecule has 0 aliphatic rings. The number of aromatic hydroxyl groups is 4. The lowest BCUT2D eigenvalue weighted by Crippen LogP contribution is -1.75. The molecule has 7 N–H and O–H groups in total. The lowest BCUT2D eigenvalue weighted by molar-refractivity contribution is 0.275. The van der Waals surface area contributed by atoms with E-state index in [1.54, 1.807) is 72.8 Å². The topological polar surface area (TPSA) is 159 Å².